The number of nitrogens with one attached hydrogen (secondary N) is 1. The van der Waals surface area contributed by atoms with E-state index in [0.29, 0.717) is 38.3 Å². The molecule has 0 bridgehead atoms. The molecule has 0 unspecified atom stereocenters. The van der Waals surface area contributed by atoms with Gasteiger partial charge in [0.1, 0.15) is 17.3 Å². The van der Waals surface area contributed by atoms with Crippen LogP contribution in [-0.2, 0) is 4.79 Å². The molecular weight excluding hydrogens is 335 g/mol. The standard InChI is InChI=1S/C16H20F3N5O/c1-4-21-13-9-12(10(2)14(20-3)16(17,18)19)22-15(23-13)24-7-5-11(25)6-8-24/h9H,2,4-8H2,1,3H3,(H,21,22,23)/b20-14+. The summed E-state index contributed by atoms with van der Waals surface area (Å²) in [5, 5.41) is 2.98. The van der Waals surface area contributed by atoms with Gasteiger partial charge < -0.3 is 10.2 Å². The molecule has 2 heterocycles. The lowest BCUT2D eigenvalue weighted by Gasteiger charge is -2.27. The Bertz CT molecular complexity index is 690. The van der Waals surface area contributed by atoms with Crippen molar-refractivity contribution in [2.75, 3.05) is 36.9 Å². The van der Waals surface area contributed by atoms with E-state index >= 15 is 0 Å². The summed E-state index contributed by atoms with van der Waals surface area (Å²) in [6, 6.07) is 1.42. The van der Waals surface area contributed by atoms with Gasteiger partial charge in [0.05, 0.1) is 5.69 Å². The van der Waals surface area contributed by atoms with Crippen LogP contribution in [0, 0.1) is 0 Å². The second-order valence-electron chi connectivity index (χ2n) is 5.54. The van der Waals surface area contributed by atoms with Gasteiger partial charge in [-0.15, -0.1) is 0 Å². The molecule has 0 spiro atoms. The number of alkyl halides is 3. The van der Waals surface area contributed by atoms with Crippen LogP contribution in [0.25, 0.3) is 5.57 Å². The first kappa shape index (κ1) is 18.9. The van der Waals surface area contributed by atoms with Crippen LogP contribution in [0.3, 0.4) is 0 Å². The average molecular weight is 355 g/mol. The number of ketones is 1. The quantitative estimate of drug-likeness (QED) is 0.823. The van der Waals surface area contributed by atoms with Crippen LogP contribution in [0.1, 0.15) is 25.5 Å². The molecule has 1 aromatic rings. The number of carbonyl (C=O) groups excluding carboxylic acids is 1. The molecule has 1 aliphatic heterocycles. The third-order valence-corrected chi connectivity index (χ3v) is 3.76. The van der Waals surface area contributed by atoms with E-state index in [1.54, 1.807) is 4.90 Å². The number of aliphatic imine (C=N–C) groups is 1. The van der Waals surface area contributed by atoms with Crippen molar-refractivity contribution in [3.8, 4) is 0 Å². The molecule has 0 saturated carbocycles. The van der Waals surface area contributed by atoms with Crippen molar-refractivity contribution in [3.05, 3.63) is 18.3 Å². The maximum Gasteiger partial charge on any atom is 0.433 e. The zero-order chi connectivity index (χ0) is 18.6. The van der Waals surface area contributed by atoms with Crippen LogP contribution in [-0.4, -0.2) is 54.3 Å². The molecule has 6 nitrogen and oxygen atoms in total. The second-order valence-corrected chi connectivity index (χ2v) is 5.54. The van der Waals surface area contributed by atoms with Gasteiger partial charge in [0, 0.05) is 51.2 Å². The van der Waals surface area contributed by atoms with Gasteiger partial charge in [-0.1, -0.05) is 6.58 Å². The molecule has 2 rings (SSSR count). The molecule has 1 fully saturated rings. The van der Waals surface area contributed by atoms with Gasteiger partial charge >= 0.3 is 6.18 Å². The average Bonchev–Trinajstić information content (AvgIpc) is 2.54. The Morgan fingerprint density at radius 3 is 2.52 bits per heavy atom. The van der Waals surface area contributed by atoms with Crippen LogP contribution in [0.5, 0.6) is 0 Å². The maximum atomic E-state index is 13.1. The van der Waals surface area contributed by atoms with Crippen molar-refractivity contribution in [2.24, 2.45) is 4.99 Å². The molecule has 25 heavy (non-hydrogen) atoms. The molecule has 1 N–H and O–H groups in total. The number of aromatic nitrogens is 2. The molecular formula is C16H20F3N5O. The van der Waals surface area contributed by atoms with Gasteiger partial charge in [-0.2, -0.15) is 18.2 Å². The fourth-order valence-corrected chi connectivity index (χ4v) is 2.51. The molecule has 0 atom stereocenters. The predicted octanol–water partition coefficient (Wildman–Crippen LogP) is 2.72. The first-order valence-electron chi connectivity index (χ1n) is 7.89. The van der Waals surface area contributed by atoms with Crippen molar-refractivity contribution in [1.82, 2.24) is 9.97 Å². The first-order valence-corrected chi connectivity index (χ1v) is 7.89. The lowest BCUT2D eigenvalue weighted by Crippen LogP contribution is -2.35. The van der Waals surface area contributed by atoms with E-state index in [-0.39, 0.29) is 23.0 Å². The molecule has 0 radical (unpaired) electrons. The summed E-state index contributed by atoms with van der Waals surface area (Å²) in [5.74, 6) is 0.833. The summed E-state index contributed by atoms with van der Waals surface area (Å²) in [4.78, 5) is 25.1. The summed E-state index contributed by atoms with van der Waals surface area (Å²) in [5.41, 5.74) is -1.34. The molecule has 1 aliphatic rings. The minimum atomic E-state index is -4.62. The summed E-state index contributed by atoms with van der Waals surface area (Å²) >= 11 is 0. The van der Waals surface area contributed by atoms with Crippen molar-refractivity contribution in [1.29, 1.82) is 0 Å². The Morgan fingerprint density at radius 1 is 1.36 bits per heavy atom. The van der Waals surface area contributed by atoms with Crippen molar-refractivity contribution < 1.29 is 18.0 Å². The summed E-state index contributed by atoms with van der Waals surface area (Å²) in [7, 11) is 1.07. The number of carbonyl (C=O) groups is 1. The van der Waals surface area contributed by atoms with Crippen molar-refractivity contribution in [3.63, 3.8) is 0 Å². The maximum absolute atomic E-state index is 13.1. The van der Waals surface area contributed by atoms with Crippen LogP contribution in [0.4, 0.5) is 24.9 Å². The molecule has 1 saturated heterocycles. The Labute approximate surface area is 143 Å². The molecule has 0 aromatic carbocycles. The summed E-state index contributed by atoms with van der Waals surface area (Å²) in [6.45, 7) is 6.80. The van der Waals surface area contributed by atoms with Gasteiger partial charge in [0.25, 0.3) is 0 Å². The number of allylic oxidation sites excluding steroid dienone is 1. The van der Waals surface area contributed by atoms with E-state index in [4.69, 9.17) is 0 Å². The Morgan fingerprint density at radius 2 is 2.00 bits per heavy atom. The minimum Gasteiger partial charge on any atom is -0.370 e. The lowest BCUT2D eigenvalue weighted by molar-refractivity contribution is -0.119. The van der Waals surface area contributed by atoms with Crippen molar-refractivity contribution >= 4 is 28.8 Å². The Hall–Kier alpha value is -2.45. The Balaban J connectivity index is 2.40. The molecule has 0 aliphatic carbocycles. The minimum absolute atomic E-state index is 0.0516. The highest BCUT2D eigenvalue weighted by Gasteiger charge is 2.38. The number of hydrogen-bond donors (Lipinski definition) is 1. The van der Waals surface area contributed by atoms with Crippen LogP contribution in [0.15, 0.2) is 17.6 Å². The number of hydrogen-bond acceptors (Lipinski definition) is 6. The van der Waals surface area contributed by atoms with Crippen LogP contribution >= 0.6 is 0 Å². The van der Waals surface area contributed by atoms with Gasteiger partial charge in [0.15, 0.2) is 0 Å². The summed E-state index contributed by atoms with van der Waals surface area (Å²) in [6.07, 6.45) is -3.88. The zero-order valence-corrected chi connectivity index (χ0v) is 14.2. The zero-order valence-electron chi connectivity index (χ0n) is 14.2. The fraction of sp³-hybridized carbons (Fsp3) is 0.500. The monoisotopic (exact) mass is 355 g/mol. The van der Waals surface area contributed by atoms with Gasteiger partial charge in [-0.3, -0.25) is 9.79 Å². The number of piperidine rings is 1. The van der Waals surface area contributed by atoms with E-state index < -0.39 is 11.9 Å². The molecule has 136 valence electrons. The molecule has 0 amide bonds. The molecule has 9 heteroatoms. The Kier molecular flexibility index (Phi) is 5.76. The largest absolute Gasteiger partial charge is 0.433 e. The van der Waals surface area contributed by atoms with E-state index in [2.05, 4.69) is 26.9 Å². The number of nitrogens with zero attached hydrogens (tertiary/aromatic N) is 4. The van der Waals surface area contributed by atoms with Crippen LogP contribution < -0.4 is 10.2 Å². The smallest absolute Gasteiger partial charge is 0.370 e. The van der Waals surface area contributed by atoms with Crippen LogP contribution in [0.2, 0.25) is 0 Å². The van der Waals surface area contributed by atoms with E-state index in [0.717, 1.165) is 7.05 Å². The van der Waals surface area contributed by atoms with Gasteiger partial charge in [-0.05, 0) is 6.92 Å². The van der Waals surface area contributed by atoms with E-state index in [1.807, 2.05) is 6.92 Å². The number of anilines is 2. The predicted molar refractivity (Wildman–Crippen MR) is 91.1 cm³/mol. The van der Waals surface area contributed by atoms with Crippen molar-refractivity contribution in [2.45, 2.75) is 25.9 Å². The molecule has 1 aromatic heterocycles. The van der Waals surface area contributed by atoms with Gasteiger partial charge in [0.2, 0.25) is 5.95 Å². The number of rotatable bonds is 5. The topological polar surface area (TPSA) is 70.5 Å². The third-order valence-electron chi connectivity index (χ3n) is 3.76. The first-order chi connectivity index (χ1) is 11.8. The van der Waals surface area contributed by atoms with E-state index in [1.165, 1.54) is 6.07 Å². The normalized spacial score (nSPS) is 16.1. The number of halogens is 3. The van der Waals surface area contributed by atoms with Gasteiger partial charge in [-0.25, -0.2) is 4.98 Å². The summed E-state index contributed by atoms with van der Waals surface area (Å²) < 4.78 is 39.3. The second kappa shape index (κ2) is 7.62. The highest BCUT2D eigenvalue weighted by Crippen LogP contribution is 2.28. The lowest BCUT2D eigenvalue weighted by atomic mass is 10.1. The highest BCUT2D eigenvalue weighted by molar-refractivity contribution is 6.25. The highest BCUT2D eigenvalue weighted by atomic mass is 19.4. The third kappa shape index (κ3) is 4.55. The SMILES string of the molecule is C=C(/C(=N\C)C(F)(F)F)c1cc(NCC)nc(N2CCC(=O)CC2)n1. The number of Topliss-reactive ketones (excluding diaryl/α,β-unsaturated/α-hetero) is 1. The fourth-order valence-electron chi connectivity index (χ4n) is 2.51. The van der Waals surface area contributed by atoms with E-state index in [9.17, 15) is 18.0 Å².